The van der Waals surface area contributed by atoms with Gasteiger partial charge in [-0.1, -0.05) is 30.3 Å². The molecule has 3 atom stereocenters. The largest absolute Gasteiger partial charge is 0.480 e. The van der Waals surface area contributed by atoms with E-state index in [1.54, 1.807) is 20.8 Å². The van der Waals surface area contributed by atoms with Crippen LogP contribution in [0.15, 0.2) is 30.3 Å². The SMILES string of the molecule is CC(C)(C)OC(=O)N1[C@@H]2CC[C@H]1C(C(=O)O)N(C(=O)OCc1ccccc1)C2. The lowest BCUT2D eigenvalue weighted by Crippen LogP contribution is -2.65. The van der Waals surface area contributed by atoms with Gasteiger partial charge < -0.3 is 14.6 Å². The van der Waals surface area contributed by atoms with E-state index in [9.17, 15) is 19.5 Å². The zero-order valence-corrected chi connectivity index (χ0v) is 16.3. The number of hydrogen-bond acceptors (Lipinski definition) is 5. The smallest absolute Gasteiger partial charge is 0.410 e. The Bertz CT molecular complexity index is 745. The molecule has 8 heteroatoms. The Hall–Kier alpha value is -2.77. The van der Waals surface area contributed by atoms with Crippen molar-refractivity contribution in [2.75, 3.05) is 6.54 Å². The third-order valence-corrected chi connectivity index (χ3v) is 4.95. The number of likely N-dealkylation sites (tertiary alicyclic amines) is 1. The molecule has 1 unspecified atom stereocenters. The van der Waals surface area contributed by atoms with Gasteiger partial charge in [-0.25, -0.2) is 14.4 Å². The number of amides is 2. The van der Waals surface area contributed by atoms with Crippen molar-refractivity contribution in [2.24, 2.45) is 0 Å². The molecule has 3 rings (SSSR count). The quantitative estimate of drug-likeness (QED) is 0.853. The number of nitrogens with zero attached hydrogens (tertiary/aromatic N) is 2. The summed E-state index contributed by atoms with van der Waals surface area (Å²) in [6, 6.07) is 7.12. The molecule has 0 radical (unpaired) electrons. The number of ether oxygens (including phenoxy) is 2. The average Bonchev–Trinajstić information content (AvgIpc) is 2.92. The van der Waals surface area contributed by atoms with Crippen LogP contribution in [-0.2, 0) is 20.9 Å². The fraction of sp³-hybridized carbons (Fsp3) is 0.550. The Balaban J connectivity index is 1.73. The third kappa shape index (κ3) is 4.21. The minimum atomic E-state index is -1.16. The van der Waals surface area contributed by atoms with Gasteiger partial charge in [-0.15, -0.1) is 0 Å². The van der Waals surface area contributed by atoms with E-state index in [0.29, 0.717) is 12.8 Å². The predicted molar refractivity (Wildman–Crippen MR) is 99.6 cm³/mol. The molecule has 0 spiro atoms. The fourth-order valence-corrected chi connectivity index (χ4v) is 3.84. The van der Waals surface area contributed by atoms with Crippen LogP contribution in [0.25, 0.3) is 0 Å². The van der Waals surface area contributed by atoms with Gasteiger partial charge in [0.15, 0.2) is 6.04 Å². The van der Waals surface area contributed by atoms with E-state index in [-0.39, 0.29) is 19.2 Å². The molecule has 152 valence electrons. The summed E-state index contributed by atoms with van der Waals surface area (Å²) in [5.74, 6) is -1.16. The first-order valence-corrected chi connectivity index (χ1v) is 9.39. The van der Waals surface area contributed by atoms with Crippen LogP contribution in [-0.4, -0.2) is 63.3 Å². The molecule has 2 aliphatic rings. The molecule has 1 aromatic rings. The fourth-order valence-electron chi connectivity index (χ4n) is 3.84. The number of fused-ring (bicyclic) bond motifs is 2. The van der Waals surface area contributed by atoms with Crippen molar-refractivity contribution in [3.05, 3.63) is 35.9 Å². The number of carboxylic acids is 1. The van der Waals surface area contributed by atoms with Crippen LogP contribution < -0.4 is 0 Å². The van der Waals surface area contributed by atoms with Crippen molar-refractivity contribution in [3.63, 3.8) is 0 Å². The number of benzene rings is 1. The van der Waals surface area contributed by atoms with Gasteiger partial charge in [-0.05, 0) is 39.2 Å². The highest BCUT2D eigenvalue weighted by molar-refractivity contribution is 5.83. The van der Waals surface area contributed by atoms with Crippen LogP contribution in [0.1, 0.15) is 39.2 Å². The number of piperazine rings is 1. The number of carboxylic acid groups (broad SMARTS) is 1. The van der Waals surface area contributed by atoms with E-state index >= 15 is 0 Å². The Labute approximate surface area is 164 Å². The molecule has 2 saturated heterocycles. The standard InChI is InChI=1S/C20H26N2O6/c1-20(2,3)28-19(26)22-14-9-10-15(22)16(17(23)24)21(11-14)18(25)27-12-13-7-5-4-6-8-13/h4-8,14-16H,9-12H2,1-3H3,(H,23,24)/t14-,15+,16?/m1/s1. The first-order chi connectivity index (χ1) is 13.2. The summed E-state index contributed by atoms with van der Waals surface area (Å²) in [5.41, 5.74) is 0.138. The summed E-state index contributed by atoms with van der Waals surface area (Å²) in [7, 11) is 0. The summed E-state index contributed by atoms with van der Waals surface area (Å²) in [4.78, 5) is 39.9. The lowest BCUT2D eigenvalue weighted by molar-refractivity contribution is -0.147. The lowest BCUT2D eigenvalue weighted by atomic mass is 10.0. The van der Waals surface area contributed by atoms with Gasteiger partial charge in [0, 0.05) is 6.54 Å². The van der Waals surface area contributed by atoms with E-state index in [4.69, 9.17) is 9.47 Å². The zero-order chi connectivity index (χ0) is 20.5. The topological polar surface area (TPSA) is 96.4 Å². The predicted octanol–water partition coefficient (Wildman–Crippen LogP) is 2.86. The van der Waals surface area contributed by atoms with E-state index in [2.05, 4.69) is 0 Å². The molecule has 0 aliphatic carbocycles. The molecule has 1 aromatic carbocycles. The summed E-state index contributed by atoms with van der Waals surface area (Å²) in [6.45, 7) is 5.46. The van der Waals surface area contributed by atoms with E-state index in [1.807, 2.05) is 30.3 Å². The van der Waals surface area contributed by atoms with Crippen LogP contribution in [0.2, 0.25) is 0 Å². The number of carbonyl (C=O) groups excluding carboxylic acids is 2. The molecule has 0 aromatic heterocycles. The molecule has 2 heterocycles. The highest BCUT2D eigenvalue weighted by atomic mass is 16.6. The number of rotatable bonds is 3. The van der Waals surface area contributed by atoms with E-state index in [0.717, 1.165) is 5.56 Å². The van der Waals surface area contributed by atoms with Crippen LogP contribution in [0.3, 0.4) is 0 Å². The van der Waals surface area contributed by atoms with Crippen molar-refractivity contribution < 1.29 is 29.0 Å². The van der Waals surface area contributed by atoms with Gasteiger partial charge in [-0.3, -0.25) is 9.80 Å². The lowest BCUT2D eigenvalue weighted by Gasteiger charge is -2.44. The molecule has 2 amide bonds. The summed E-state index contributed by atoms with van der Waals surface area (Å²) < 4.78 is 10.8. The Morgan fingerprint density at radius 3 is 2.39 bits per heavy atom. The van der Waals surface area contributed by atoms with Gasteiger partial charge >= 0.3 is 18.2 Å². The van der Waals surface area contributed by atoms with Gasteiger partial charge in [-0.2, -0.15) is 0 Å². The minimum absolute atomic E-state index is 0.0631. The normalized spacial score (nSPS) is 24.0. The highest BCUT2D eigenvalue weighted by Gasteiger charge is 2.54. The molecule has 0 saturated carbocycles. The van der Waals surface area contributed by atoms with Crippen molar-refractivity contribution in [2.45, 2.75) is 63.9 Å². The number of carbonyl (C=O) groups is 3. The van der Waals surface area contributed by atoms with Crippen molar-refractivity contribution in [1.29, 1.82) is 0 Å². The highest BCUT2D eigenvalue weighted by Crippen LogP contribution is 2.36. The third-order valence-electron chi connectivity index (χ3n) is 4.95. The van der Waals surface area contributed by atoms with Gasteiger partial charge in [0.25, 0.3) is 0 Å². The molecular formula is C20H26N2O6. The second-order valence-corrected chi connectivity index (χ2v) is 8.16. The van der Waals surface area contributed by atoms with Crippen molar-refractivity contribution in [3.8, 4) is 0 Å². The first-order valence-electron chi connectivity index (χ1n) is 9.39. The van der Waals surface area contributed by atoms with Crippen LogP contribution in [0, 0.1) is 0 Å². The maximum absolute atomic E-state index is 12.6. The molecule has 2 aliphatic heterocycles. The van der Waals surface area contributed by atoms with Crippen molar-refractivity contribution >= 4 is 18.2 Å². The van der Waals surface area contributed by atoms with Gasteiger partial charge in [0.05, 0.1) is 12.1 Å². The number of aliphatic carboxylic acids is 1. The van der Waals surface area contributed by atoms with Gasteiger partial charge in [0.2, 0.25) is 0 Å². The molecule has 2 fully saturated rings. The monoisotopic (exact) mass is 390 g/mol. The molecule has 2 bridgehead atoms. The Morgan fingerprint density at radius 1 is 1.11 bits per heavy atom. The molecule has 28 heavy (non-hydrogen) atoms. The minimum Gasteiger partial charge on any atom is -0.480 e. The second-order valence-electron chi connectivity index (χ2n) is 8.16. The maximum atomic E-state index is 12.6. The zero-order valence-electron chi connectivity index (χ0n) is 16.3. The molecule has 1 N–H and O–H groups in total. The van der Waals surface area contributed by atoms with Crippen LogP contribution >= 0.6 is 0 Å². The Morgan fingerprint density at radius 2 is 1.79 bits per heavy atom. The average molecular weight is 390 g/mol. The maximum Gasteiger partial charge on any atom is 0.410 e. The van der Waals surface area contributed by atoms with Crippen LogP contribution in [0.4, 0.5) is 9.59 Å². The molecule has 8 nitrogen and oxygen atoms in total. The van der Waals surface area contributed by atoms with Crippen molar-refractivity contribution in [1.82, 2.24) is 9.80 Å². The second kappa shape index (κ2) is 7.69. The van der Waals surface area contributed by atoms with Gasteiger partial charge in [0.1, 0.15) is 12.2 Å². The summed E-state index contributed by atoms with van der Waals surface area (Å²) >= 11 is 0. The van der Waals surface area contributed by atoms with E-state index < -0.39 is 35.8 Å². The first kappa shape index (κ1) is 20.0. The summed E-state index contributed by atoms with van der Waals surface area (Å²) in [5, 5.41) is 9.77. The molecular weight excluding hydrogens is 364 g/mol. The van der Waals surface area contributed by atoms with E-state index in [1.165, 1.54) is 9.80 Å². The van der Waals surface area contributed by atoms with Crippen LogP contribution in [0.5, 0.6) is 0 Å². The Kier molecular flexibility index (Phi) is 5.49. The summed E-state index contributed by atoms with van der Waals surface area (Å²) in [6.07, 6.45) is -0.0972. The number of hydrogen-bond donors (Lipinski definition) is 1.